The Morgan fingerprint density at radius 1 is 1.14 bits per heavy atom. The van der Waals surface area contributed by atoms with Gasteiger partial charge in [0.1, 0.15) is 11.5 Å². The number of carbonyl (C=O) groups excluding carboxylic acids is 1. The Morgan fingerprint density at radius 3 is 2.59 bits per heavy atom. The number of nitrogens with zero attached hydrogens (tertiary/aromatic N) is 2. The monoisotopic (exact) mass is 425 g/mol. The van der Waals surface area contributed by atoms with E-state index < -0.39 is 18.0 Å². The predicted octanol–water partition coefficient (Wildman–Crippen LogP) is 4.37. The van der Waals surface area contributed by atoms with Gasteiger partial charge in [0.05, 0.1) is 12.9 Å². The van der Waals surface area contributed by atoms with Crippen molar-refractivity contribution in [2.45, 2.75) is 11.6 Å². The van der Waals surface area contributed by atoms with Crippen molar-refractivity contribution in [3.8, 4) is 23.0 Å². The van der Waals surface area contributed by atoms with Gasteiger partial charge in [-0.05, 0) is 36.4 Å². The number of aromatic nitrogens is 2. The highest BCUT2D eigenvalue weighted by Crippen LogP contribution is 2.26. The first-order valence-corrected chi connectivity index (χ1v) is 9.07. The number of ether oxygens (including phenoxy) is 2. The third-order valence-corrected chi connectivity index (χ3v) is 4.24. The van der Waals surface area contributed by atoms with Crippen LogP contribution in [0.2, 0.25) is 0 Å². The maximum absolute atomic E-state index is 12.3. The highest BCUT2D eigenvalue weighted by molar-refractivity contribution is 7.99. The van der Waals surface area contributed by atoms with E-state index in [0.717, 1.165) is 23.9 Å². The molecule has 0 fully saturated rings. The topological polar surface area (TPSA) is 86.5 Å². The summed E-state index contributed by atoms with van der Waals surface area (Å²) in [7, 11) is 1.56. The van der Waals surface area contributed by atoms with Crippen LogP contribution in [0.1, 0.15) is 0 Å². The quantitative estimate of drug-likeness (QED) is 0.563. The zero-order chi connectivity index (χ0) is 20.9. The minimum absolute atomic E-state index is 0.0748. The summed E-state index contributed by atoms with van der Waals surface area (Å²) in [6, 6.07) is 12.0. The molecule has 0 spiro atoms. The molecule has 3 rings (SSSR count). The summed E-state index contributed by atoms with van der Waals surface area (Å²) in [5.74, 6) is 0.0124. The van der Waals surface area contributed by atoms with E-state index in [1.807, 2.05) is 0 Å². The normalized spacial score (nSPS) is 11.2. The van der Waals surface area contributed by atoms with E-state index in [0.29, 0.717) is 11.3 Å². The molecule has 11 heteroatoms. The molecule has 0 unspecified atom stereocenters. The number of hydrogen-bond acceptors (Lipinski definition) is 7. The molecule has 1 aromatic heterocycles. The fraction of sp³-hybridized carbons (Fsp3) is 0.167. The second-order valence-corrected chi connectivity index (χ2v) is 6.44. The van der Waals surface area contributed by atoms with Gasteiger partial charge in [0.25, 0.3) is 5.22 Å². The maximum atomic E-state index is 12.3. The lowest BCUT2D eigenvalue weighted by Crippen LogP contribution is -2.18. The zero-order valence-corrected chi connectivity index (χ0v) is 15.7. The van der Waals surface area contributed by atoms with Crippen LogP contribution >= 0.6 is 11.8 Å². The first-order chi connectivity index (χ1) is 13.8. The van der Waals surface area contributed by atoms with Gasteiger partial charge in [-0.3, -0.25) is 4.79 Å². The van der Waals surface area contributed by atoms with Gasteiger partial charge in [0.15, 0.2) is 0 Å². The highest BCUT2D eigenvalue weighted by atomic mass is 32.2. The highest BCUT2D eigenvalue weighted by Gasteiger charge is 2.31. The molecule has 0 atom stereocenters. The Hall–Kier alpha value is -3.21. The molecule has 0 aliphatic rings. The van der Waals surface area contributed by atoms with E-state index in [9.17, 15) is 18.0 Å². The molecular weight excluding hydrogens is 411 g/mol. The Balaban J connectivity index is 1.54. The van der Waals surface area contributed by atoms with Crippen molar-refractivity contribution in [3.63, 3.8) is 0 Å². The van der Waals surface area contributed by atoms with Crippen molar-refractivity contribution >= 4 is 23.4 Å². The van der Waals surface area contributed by atoms with Gasteiger partial charge in [0, 0.05) is 17.3 Å². The van der Waals surface area contributed by atoms with Gasteiger partial charge in [-0.15, -0.1) is 23.4 Å². The molecule has 3 aromatic rings. The standard InChI is InChI=1S/C18H14F3N3O4S/c1-26-13-7-5-11(6-8-13)16-23-24-17(27-16)29-10-15(25)22-12-3-2-4-14(9-12)28-18(19,20)21/h2-9H,10H2,1H3,(H,22,25). The lowest BCUT2D eigenvalue weighted by atomic mass is 10.2. The predicted molar refractivity (Wildman–Crippen MR) is 98.8 cm³/mol. The average molecular weight is 425 g/mol. The van der Waals surface area contributed by atoms with Crippen LogP contribution in [-0.4, -0.2) is 35.3 Å². The number of halogens is 3. The van der Waals surface area contributed by atoms with Crippen LogP contribution in [0, 0.1) is 0 Å². The van der Waals surface area contributed by atoms with E-state index in [-0.39, 0.29) is 22.6 Å². The van der Waals surface area contributed by atoms with Gasteiger partial charge >= 0.3 is 6.36 Å². The summed E-state index contributed by atoms with van der Waals surface area (Å²) in [4.78, 5) is 12.0. The summed E-state index contributed by atoms with van der Waals surface area (Å²) >= 11 is 0.997. The first kappa shape index (κ1) is 20.5. The molecule has 0 radical (unpaired) electrons. The number of alkyl halides is 3. The molecule has 7 nitrogen and oxygen atoms in total. The molecule has 1 heterocycles. The van der Waals surface area contributed by atoms with Crippen LogP contribution in [-0.2, 0) is 4.79 Å². The van der Waals surface area contributed by atoms with Gasteiger partial charge in [-0.2, -0.15) is 0 Å². The van der Waals surface area contributed by atoms with E-state index in [2.05, 4.69) is 20.3 Å². The largest absolute Gasteiger partial charge is 0.573 e. The van der Waals surface area contributed by atoms with Crippen LogP contribution in [0.25, 0.3) is 11.5 Å². The fourth-order valence-electron chi connectivity index (χ4n) is 2.21. The maximum Gasteiger partial charge on any atom is 0.573 e. The second-order valence-electron chi connectivity index (χ2n) is 5.51. The van der Waals surface area contributed by atoms with Crippen molar-refractivity contribution in [1.82, 2.24) is 10.2 Å². The molecule has 0 aliphatic heterocycles. The van der Waals surface area contributed by atoms with Gasteiger partial charge in [-0.25, -0.2) is 0 Å². The van der Waals surface area contributed by atoms with Crippen LogP contribution in [0.4, 0.5) is 18.9 Å². The third kappa shape index (κ3) is 6.14. The Morgan fingerprint density at radius 2 is 1.90 bits per heavy atom. The fourth-order valence-corrected chi connectivity index (χ4v) is 2.78. The number of benzene rings is 2. The molecule has 0 saturated carbocycles. The summed E-state index contributed by atoms with van der Waals surface area (Å²) in [5, 5.41) is 10.4. The summed E-state index contributed by atoms with van der Waals surface area (Å²) in [5.41, 5.74) is 0.859. The smallest absolute Gasteiger partial charge is 0.497 e. The Kier molecular flexibility index (Phi) is 6.27. The number of hydrogen-bond donors (Lipinski definition) is 1. The second kappa shape index (κ2) is 8.86. The SMILES string of the molecule is COc1ccc(-c2nnc(SCC(=O)Nc3cccc(OC(F)(F)F)c3)o2)cc1. The van der Waals surface area contributed by atoms with Gasteiger partial charge in [-0.1, -0.05) is 17.8 Å². The molecule has 1 amide bonds. The third-order valence-electron chi connectivity index (χ3n) is 3.42. The molecule has 1 N–H and O–H groups in total. The van der Waals surface area contributed by atoms with Gasteiger partial charge in [0.2, 0.25) is 11.8 Å². The molecule has 0 bridgehead atoms. The van der Waals surface area contributed by atoms with Crippen molar-refractivity contribution < 1.29 is 31.9 Å². The van der Waals surface area contributed by atoms with Crippen molar-refractivity contribution in [2.75, 3.05) is 18.2 Å². The minimum Gasteiger partial charge on any atom is -0.497 e. The molecule has 2 aromatic carbocycles. The van der Waals surface area contributed by atoms with Crippen molar-refractivity contribution in [1.29, 1.82) is 0 Å². The lowest BCUT2D eigenvalue weighted by Gasteiger charge is -2.10. The first-order valence-electron chi connectivity index (χ1n) is 8.09. The summed E-state index contributed by atoms with van der Waals surface area (Å²) in [6.07, 6.45) is -4.81. The average Bonchev–Trinajstić information content (AvgIpc) is 3.14. The molecular formula is C18H14F3N3O4S. The zero-order valence-electron chi connectivity index (χ0n) is 14.9. The van der Waals surface area contributed by atoms with Crippen molar-refractivity contribution in [2.24, 2.45) is 0 Å². The number of thioether (sulfide) groups is 1. The molecule has 0 saturated heterocycles. The van der Waals surface area contributed by atoms with Crippen LogP contribution in [0.5, 0.6) is 11.5 Å². The summed E-state index contributed by atoms with van der Waals surface area (Å²) < 4.78 is 51.2. The van der Waals surface area contributed by atoms with Crippen molar-refractivity contribution in [3.05, 3.63) is 48.5 Å². The number of anilines is 1. The van der Waals surface area contributed by atoms with E-state index >= 15 is 0 Å². The van der Waals surface area contributed by atoms with E-state index in [4.69, 9.17) is 9.15 Å². The number of nitrogens with one attached hydrogen (secondary N) is 1. The van der Waals surface area contributed by atoms with Crippen LogP contribution in [0.3, 0.4) is 0 Å². The Bertz CT molecular complexity index is 977. The number of carbonyl (C=O) groups is 1. The van der Waals surface area contributed by atoms with Gasteiger partial charge < -0.3 is 19.2 Å². The molecule has 29 heavy (non-hydrogen) atoms. The van der Waals surface area contributed by atoms with E-state index in [1.165, 1.54) is 12.1 Å². The van der Waals surface area contributed by atoms with E-state index in [1.54, 1.807) is 31.4 Å². The Labute approximate surface area is 167 Å². The number of amides is 1. The molecule has 152 valence electrons. The van der Waals surface area contributed by atoms with Crippen LogP contribution in [0.15, 0.2) is 58.2 Å². The summed E-state index contributed by atoms with van der Waals surface area (Å²) in [6.45, 7) is 0. The van der Waals surface area contributed by atoms with Crippen LogP contribution < -0.4 is 14.8 Å². The minimum atomic E-state index is -4.81. The lowest BCUT2D eigenvalue weighted by molar-refractivity contribution is -0.274. The molecule has 0 aliphatic carbocycles. The number of rotatable bonds is 7. The number of methoxy groups -OCH3 is 1.